The monoisotopic (exact) mass is 335 g/mol. The molecule has 126 valence electrons. The molecule has 0 aromatic carbocycles. The summed E-state index contributed by atoms with van der Waals surface area (Å²) in [5.41, 5.74) is 0.150. The van der Waals surface area contributed by atoms with Crippen molar-refractivity contribution in [3.63, 3.8) is 0 Å². The predicted octanol–water partition coefficient (Wildman–Crippen LogP) is 2.92. The molecule has 0 aliphatic carbocycles. The molecule has 2 aromatic rings. The van der Waals surface area contributed by atoms with E-state index < -0.39 is 5.60 Å². The van der Waals surface area contributed by atoms with Crippen LogP contribution in [0.2, 0.25) is 0 Å². The van der Waals surface area contributed by atoms with Crippen molar-refractivity contribution in [2.45, 2.75) is 39.8 Å². The number of aliphatic imine (C=N–C) groups is 1. The molecule has 3 N–H and O–H groups in total. The number of nitrogens with one attached hydrogen (secondary N) is 2. The number of aryl methyl sites for hydroxylation is 2. The number of furan rings is 1. The second-order valence-electron chi connectivity index (χ2n) is 5.74. The van der Waals surface area contributed by atoms with Gasteiger partial charge in [-0.2, -0.15) is 0 Å². The fourth-order valence-corrected chi connectivity index (χ4v) is 3.06. The highest BCUT2D eigenvalue weighted by Gasteiger charge is 2.24. The van der Waals surface area contributed by atoms with Gasteiger partial charge in [0.05, 0.1) is 13.1 Å². The zero-order chi connectivity index (χ0) is 16.9. The van der Waals surface area contributed by atoms with Gasteiger partial charge in [0.25, 0.3) is 0 Å². The molecule has 0 radical (unpaired) electrons. The first kappa shape index (κ1) is 17.6. The van der Waals surface area contributed by atoms with Crippen molar-refractivity contribution in [2.24, 2.45) is 4.99 Å². The maximum atomic E-state index is 10.6. The number of guanidine groups is 1. The molecule has 2 rings (SSSR count). The van der Waals surface area contributed by atoms with Gasteiger partial charge in [0.1, 0.15) is 17.1 Å². The van der Waals surface area contributed by atoms with E-state index in [9.17, 15) is 5.11 Å². The van der Waals surface area contributed by atoms with Gasteiger partial charge in [0, 0.05) is 17.0 Å². The first-order valence-electron chi connectivity index (χ1n) is 7.77. The van der Waals surface area contributed by atoms with Crippen molar-refractivity contribution in [3.05, 3.63) is 45.5 Å². The van der Waals surface area contributed by atoms with Gasteiger partial charge in [-0.25, -0.2) is 4.99 Å². The first-order chi connectivity index (χ1) is 10.9. The van der Waals surface area contributed by atoms with Gasteiger partial charge in [0.15, 0.2) is 5.96 Å². The molecule has 6 heteroatoms. The van der Waals surface area contributed by atoms with Crippen LogP contribution in [-0.2, 0) is 12.1 Å². The molecule has 2 aromatic heterocycles. The Morgan fingerprint density at radius 1 is 1.39 bits per heavy atom. The Morgan fingerprint density at radius 3 is 2.74 bits per heavy atom. The molecule has 0 aliphatic rings. The second kappa shape index (κ2) is 7.66. The zero-order valence-corrected chi connectivity index (χ0v) is 15.0. The van der Waals surface area contributed by atoms with Crippen LogP contribution in [0.5, 0.6) is 0 Å². The fourth-order valence-electron chi connectivity index (χ4n) is 2.27. The van der Waals surface area contributed by atoms with Gasteiger partial charge in [-0.1, -0.05) is 6.07 Å². The van der Waals surface area contributed by atoms with Crippen molar-refractivity contribution >= 4 is 17.3 Å². The highest BCUT2D eigenvalue weighted by atomic mass is 32.1. The summed E-state index contributed by atoms with van der Waals surface area (Å²) in [6, 6.07) is 5.88. The Hall–Kier alpha value is -1.79. The quantitative estimate of drug-likeness (QED) is 0.561. The van der Waals surface area contributed by atoms with E-state index in [2.05, 4.69) is 15.6 Å². The summed E-state index contributed by atoms with van der Waals surface area (Å²) in [4.78, 5) is 5.50. The number of thiophene rings is 1. The van der Waals surface area contributed by atoms with Crippen LogP contribution in [0.1, 0.15) is 35.8 Å². The summed E-state index contributed by atoms with van der Waals surface area (Å²) in [5, 5.41) is 18.9. The molecule has 0 saturated carbocycles. The van der Waals surface area contributed by atoms with E-state index >= 15 is 0 Å². The number of hydrogen-bond acceptors (Lipinski definition) is 4. The van der Waals surface area contributed by atoms with Crippen molar-refractivity contribution in [1.29, 1.82) is 0 Å². The largest absolute Gasteiger partial charge is 0.466 e. The van der Waals surface area contributed by atoms with Crippen LogP contribution in [0.3, 0.4) is 0 Å². The van der Waals surface area contributed by atoms with Crippen LogP contribution in [0.25, 0.3) is 0 Å². The minimum Gasteiger partial charge on any atom is -0.466 e. The smallest absolute Gasteiger partial charge is 0.191 e. The average molecular weight is 335 g/mol. The van der Waals surface area contributed by atoms with Crippen LogP contribution >= 0.6 is 11.3 Å². The van der Waals surface area contributed by atoms with Gasteiger partial charge < -0.3 is 20.2 Å². The van der Waals surface area contributed by atoms with Gasteiger partial charge in [-0.15, -0.1) is 11.3 Å². The molecular formula is C17H25N3O2S. The first-order valence-corrected chi connectivity index (χ1v) is 8.65. The Kier molecular flexibility index (Phi) is 5.85. The van der Waals surface area contributed by atoms with Gasteiger partial charge >= 0.3 is 0 Å². The molecule has 23 heavy (non-hydrogen) atoms. The SMILES string of the molecule is CCNC(=NCc1cc(C)oc1C)NCC(C)(O)c1cccs1. The zero-order valence-electron chi connectivity index (χ0n) is 14.1. The summed E-state index contributed by atoms with van der Waals surface area (Å²) < 4.78 is 5.52. The molecule has 2 heterocycles. The summed E-state index contributed by atoms with van der Waals surface area (Å²) in [6.45, 7) is 9.39. The van der Waals surface area contributed by atoms with Crippen LogP contribution < -0.4 is 10.6 Å². The maximum Gasteiger partial charge on any atom is 0.191 e. The third-order valence-corrected chi connectivity index (χ3v) is 4.67. The topological polar surface area (TPSA) is 69.8 Å². The van der Waals surface area contributed by atoms with E-state index in [4.69, 9.17) is 4.42 Å². The average Bonchev–Trinajstić information content (AvgIpc) is 3.12. The standard InChI is InChI=1S/C17H25N3O2S/c1-5-18-16(19-10-14-9-12(2)22-13(14)3)20-11-17(4,21)15-7-6-8-23-15/h6-9,21H,5,10-11H2,1-4H3,(H2,18,19,20). The summed E-state index contributed by atoms with van der Waals surface area (Å²) in [5.74, 6) is 2.47. The number of nitrogens with zero attached hydrogens (tertiary/aromatic N) is 1. The van der Waals surface area contributed by atoms with Crippen LogP contribution in [0, 0.1) is 13.8 Å². The molecule has 1 unspecified atom stereocenters. The summed E-state index contributed by atoms with van der Waals surface area (Å²) in [6.07, 6.45) is 0. The van der Waals surface area contributed by atoms with Crippen LogP contribution in [0.15, 0.2) is 33.0 Å². The lowest BCUT2D eigenvalue weighted by molar-refractivity contribution is 0.0655. The van der Waals surface area contributed by atoms with Crippen molar-refractivity contribution < 1.29 is 9.52 Å². The van der Waals surface area contributed by atoms with E-state index in [0.717, 1.165) is 28.5 Å². The Labute approximate surface area is 141 Å². The minimum absolute atomic E-state index is 0.392. The van der Waals surface area contributed by atoms with E-state index in [0.29, 0.717) is 19.0 Å². The molecule has 5 nitrogen and oxygen atoms in total. The third-order valence-electron chi connectivity index (χ3n) is 3.55. The van der Waals surface area contributed by atoms with E-state index in [1.807, 2.05) is 44.4 Å². The Balaban J connectivity index is 2.00. The fraction of sp³-hybridized carbons (Fsp3) is 0.471. The lowest BCUT2D eigenvalue weighted by Gasteiger charge is -2.23. The highest BCUT2D eigenvalue weighted by Crippen LogP contribution is 2.24. The Morgan fingerprint density at radius 2 is 2.17 bits per heavy atom. The minimum atomic E-state index is -0.924. The second-order valence-corrected chi connectivity index (χ2v) is 6.69. The molecule has 0 bridgehead atoms. The molecule has 0 fully saturated rings. The third kappa shape index (κ3) is 4.84. The maximum absolute atomic E-state index is 10.6. The number of aliphatic hydroxyl groups is 1. The van der Waals surface area contributed by atoms with E-state index in [-0.39, 0.29) is 0 Å². The number of rotatable bonds is 6. The predicted molar refractivity (Wildman–Crippen MR) is 94.9 cm³/mol. The van der Waals surface area contributed by atoms with Crippen LogP contribution in [-0.4, -0.2) is 24.2 Å². The van der Waals surface area contributed by atoms with Gasteiger partial charge in [-0.3, -0.25) is 0 Å². The molecule has 0 spiro atoms. The molecule has 0 amide bonds. The normalized spacial score (nSPS) is 14.6. The number of hydrogen-bond donors (Lipinski definition) is 3. The summed E-state index contributed by atoms with van der Waals surface area (Å²) in [7, 11) is 0. The lowest BCUT2D eigenvalue weighted by atomic mass is 10.1. The Bertz CT molecular complexity index is 645. The van der Waals surface area contributed by atoms with Crippen molar-refractivity contribution in [2.75, 3.05) is 13.1 Å². The highest BCUT2D eigenvalue weighted by molar-refractivity contribution is 7.10. The van der Waals surface area contributed by atoms with Crippen molar-refractivity contribution in [1.82, 2.24) is 10.6 Å². The summed E-state index contributed by atoms with van der Waals surface area (Å²) >= 11 is 1.55. The van der Waals surface area contributed by atoms with E-state index in [1.165, 1.54) is 0 Å². The van der Waals surface area contributed by atoms with Gasteiger partial charge in [0.2, 0.25) is 0 Å². The molecule has 0 saturated heterocycles. The molecule has 0 aliphatic heterocycles. The lowest BCUT2D eigenvalue weighted by Crippen LogP contribution is -2.44. The van der Waals surface area contributed by atoms with E-state index in [1.54, 1.807) is 18.3 Å². The molecular weight excluding hydrogens is 310 g/mol. The molecule has 1 atom stereocenters. The van der Waals surface area contributed by atoms with Gasteiger partial charge in [-0.05, 0) is 45.2 Å². The van der Waals surface area contributed by atoms with Crippen LogP contribution in [0.4, 0.5) is 0 Å². The van der Waals surface area contributed by atoms with Crippen molar-refractivity contribution in [3.8, 4) is 0 Å².